The predicted octanol–water partition coefficient (Wildman–Crippen LogP) is 2.74. The van der Waals surface area contributed by atoms with Gasteiger partial charge in [-0.1, -0.05) is 54.3 Å². The number of methoxy groups -OCH3 is 1. The molecule has 0 bridgehead atoms. The van der Waals surface area contributed by atoms with Gasteiger partial charge >= 0.3 is 0 Å². The maximum Gasteiger partial charge on any atom is 0.263 e. The van der Waals surface area contributed by atoms with E-state index in [1.54, 1.807) is 13.2 Å². The Morgan fingerprint density at radius 1 is 1.39 bits per heavy atom. The highest BCUT2D eigenvalue weighted by molar-refractivity contribution is 8.26. The maximum atomic E-state index is 11.4. The molecule has 0 saturated carbocycles. The summed E-state index contributed by atoms with van der Waals surface area (Å²) in [7, 11) is 1.63. The second-order valence-corrected chi connectivity index (χ2v) is 5.19. The summed E-state index contributed by atoms with van der Waals surface area (Å²) in [6, 6.07) is 7.67. The Kier molecular flexibility index (Phi) is 4.17. The van der Waals surface area contributed by atoms with E-state index in [4.69, 9.17) is 17.0 Å². The number of hydrogen-bond acceptors (Lipinski definition) is 4. The molecule has 92 valence electrons. The van der Waals surface area contributed by atoms with Crippen LogP contribution < -0.4 is 10.1 Å². The smallest absolute Gasteiger partial charge is 0.263 e. The van der Waals surface area contributed by atoms with Crippen molar-refractivity contribution in [1.29, 1.82) is 0 Å². The minimum absolute atomic E-state index is 0.144. The van der Waals surface area contributed by atoms with Gasteiger partial charge in [-0.15, -0.1) is 0 Å². The van der Waals surface area contributed by atoms with Gasteiger partial charge in [-0.25, -0.2) is 0 Å². The minimum Gasteiger partial charge on any atom is -0.496 e. The minimum atomic E-state index is -0.144. The molecule has 2 rings (SSSR count). The normalized spacial score (nSPS) is 17.5. The van der Waals surface area contributed by atoms with Crippen LogP contribution in [0.25, 0.3) is 6.08 Å². The molecule has 0 spiro atoms. The first-order chi connectivity index (χ1) is 8.70. The molecule has 1 amide bonds. The van der Waals surface area contributed by atoms with Gasteiger partial charge in [0.05, 0.1) is 12.0 Å². The van der Waals surface area contributed by atoms with E-state index >= 15 is 0 Å². The Balaban J connectivity index is 2.14. The molecular weight excluding hydrogens is 266 g/mol. The van der Waals surface area contributed by atoms with Crippen molar-refractivity contribution in [3.63, 3.8) is 0 Å². The second-order valence-electron chi connectivity index (χ2n) is 3.48. The first-order valence-corrected chi connectivity index (χ1v) is 6.47. The van der Waals surface area contributed by atoms with Gasteiger partial charge in [-0.3, -0.25) is 4.79 Å². The lowest BCUT2D eigenvalue weighted by atomic mass is 10.2. The summed E-state index contributed by atoms with van der Waals surface area (Å²) >= 11 is 6.17. The maximum absolute atomic E-state index is 11.4. The zero-order chi connectivity index (χ0) is 13.0. The summed E-state index contributed by atoms with van der Waals surface area (Å²) in [5.74, 6) is 0.654. The molecule has 0 aliphatic carbocycles. The highest BCUT2D eigenvalue weighted by Gasteiger charge is 2.20. The van der Waals surface area contributed by atoms with Crippen LogP contribution in [0, 0.1) is 0 Å². The topological polar surface area (TPSA) is 38.3 Å². The predicted molar refractivity (Wildman–Crippen MR) is 78.4 cm³/mol. The van der Waals surface area contributed by atoms with Crippen molar-refractivity contribution >= 4 is 40.3 Å². The molecule has 0 aromatic heterocycles. The van der Waals surface area contributed by atoms with Crippen molar-refractivity contribution < 1.29 is 9.53 Å². The van der Waals surface area contributed by atoms with Crippen LogP contribution in [0.3, 0.4) is 0 Å². The number of carbonyl (C=O) groups excluding carboxylic acids is 1. The van der Waals surface area contributed by atoms with Gasteiger partial charge in [0.15, 0.2) is 0 Å². The van der Waals surface area contributed by atoms with E-state index in [9.17, 15) is 4.79 Å². The Morgan fingerprint density at radius 2 is 2.17 bits per heavy atom. The molecule has 0 atom stereocenters. The number of carbonyl (C=O) groups is 1. The van der Waals surface area contributed by atoms with Gasteiger partial charge in [0, 0.05) is 5.56 Å². The average molecular weight is 277 g/mol. The number of para-hydroxylation sites is 1. The first kappa shape index (κ1) is 12.9. The third-order valence-corrected chi connectivity index (χ3v) is 3.49. The first-order valence-electron chi connectivity index (χ1n) is 5.25. The van der Waals surface area contributed by atoms with Gasteiger partial charge in [0.2, 0.25) is 0 Å². The van der Waals surface area contributed by atoms with Crippen molar-refractivity contribution in [2.75, 3.05) is 7.11 Å². The van der Waals surface area contributed by atoms with Gasteiger partial charge in [-0.2, -0.15) is 0 Å². The van der Waals surface area contributed by atoms with Crippen molar-refractivity contribution in [3.05, 3.63) is 46.9 Å². The van der Waals surface area contributed by atoms with Crippen LogP contribution in [0.4, 0.5) is 0 Å². The average Bonchev–Trinajstić information content (AvgIpc) is 2.68. The summed E-state index contributed by atoms with van der Waals surface area (Å²) in [5.41, 5.74) is 0.961. The summed E-state index contributed by atoms with van der Waals surface area (Å²) in [6.07, 6.45) is 5.44. The van der Waals surface area contributed by atoms with Crippen LogP contribution in [0.2, 0.25) is 0 Å². The van der Waals surface area contributed by atoms with Gasteiger partial charge in [0.25, 0.3) is 5.91 Å². The highest BCUT2D eigenvalue weighted by Crippen LogP contribution is 2.24. The number of thiocarbonyl (C=S) groups is 1. The molecule has 1 aliphatic rings. The molecule has 0 unspecified atom stereocenters. The van der Waals surface area contributed by atoms with Gasteiger partial charge in [-0.05, 0) is 12.1 Å². The molecule has 1 aromatic rings. The molecule has 3 nitrogen and oxygen atoms in total. The van der Waals surface area contributed by atoms with E-state index in [1.807, 2.05) is 36.4 Å². The molecule has 1 aromatic carbocycles. The number of allylic oxidation sites excluding steroid dienone is 2. The van der Waals surface area contributed by atoms with Crippen LogP contribution >= 0.6 is 24.0 Å². The number of hydrogen-bond donors (Lipinski definition) is 1. The van der Waals surface area contributed by atoms with Crippen molar-refractivity contribution in [3.8, 4) is 5.75 Å². The molecule has 1 saturated heterocycles. The zero-order valence-electron chi connectivity index (χ0n) is 9.67. The largest absolute Gasteiger partial charge is 0.496 e. The van der Waals surface area contributed by atoms with Gasteiger partial charge < -0.3 is 10.1 Å². The Bertz CT molecular complexity index is 550. The fraction of sp³-hybridized carbons (Fsp3) is 0.0769. The third-order valence-electron chi connectivity index (χ3n) is 2.30. The molecule has 1 aliphatic heterocycles. The fourth-order valence-electron chi connectivity index (χ4n) is 1.48. The van der Waals surface area contributed by atoms with Crippen molar-refractivity contribution in [2.45, 2.75) is 0 Å². The summed E-state index contributed by atoms with van der Waals surface area (Å²) in [4.78, 5) is 12.0. The van der Waals surface area contributed by atoms with Crippen LogP contribution in [-0.4, -0.2) is 17.3 Å². The molecular formula is C13H11NO2S2. The number of amides is 1. The number of ether oxygens (including phenoxy) is 1. The molecule has 5 heteroatoms. The summed E-state index contributed by atoms with van der Waals surface area (Å²) in [5, 5.41) is 2.57. The highest BCUT2D eigenvalue weighted by atomic mass is 32.2. The Labute approximate surface area is 115 Å². The number of benzene rings is 1. The molecule has 1 heterocycles. The lowest BCUT2D eigenvalue weighted by molar-refractivity contribution is -0.115. The van der Waals surface area contributed by atoms with Crippen molar-refractivity contribution in [2.24, 2.45) is 0 Å². The quantitative estimate of drug-likeness (QED) is 0.681. The standard InChI is InChI=1S/C13H11NO2S2/c1-16-10-7-3-2-5-9(10)6-4-8-11-12(15)14-13(17)18-11/h2-8H,1H3,(H,14,15,17)/b6-4+,11-8-. The molecule has 1 fully saturated rings. The van der Waals surface area contributed by atoms with Crippen molar-refractivity contribution in [1.82, 2.24) is 5.32 Å². The third kappa shape index (κ3) is 3.00. The SMILES string of the molecule is COc1ccccc1/C=C/C=C1\SC(=S)NC1=O. The molecule has 1 N–H and O–H groups in total. The summed E-state index contributed by atoms with van der Waals surface area (Å²) < 4.78 is 5.73. The number of thioether (sulfide) groups is 1. The summed E-state index contributed by atoms with van der Waals surface area (Å²) in [6.45, 7) is 0. The van der Waals surface area contributed by atoms with E-state index in [0.29, 0.717) is 9.23 Å². The van der Waals surface area contributed by atoms with Crippen LogP contribution in [-0.2, 0) is 4.79 Å². The van der Waals surface area contributed by atoms with E-state index in [-0.39, 0.29) is 5.91 Å². The van der Waals surface area contributed by atoms with Crippen LogP contribution in [0.15, 0.2) is 41.3 Å². The van der Waals surface area contributed by atoms with Crippen LogP contribution in [0.1, 0.15) is 5.56 Å². The van der Waals surface area contributed by atoms with E-state index < -0.39 is 0 Å². The zero-order valence-corrected chi connectivity index (χ0v) is 11.3. The lowest BCUT2D eigenvalue weighted by Crippen LogP contribution is -2.17. The van der Waals surface area contributed by atoms with Crippen LogP contribution in [0.5, 0.6) is 5.75 Å². The number of nitrogens with one attached hydrogen (secondary N) is 1. The van der Waals surface area contributed by atoms with E-state index in [1.165, 1.54) is 11.8 Å². The lowest BCUT2D eigenvalue weighted by Gasteiger charge is -2.02. The number of rotatable bonds is 3. The molecule has 0 radical (unpaired) electrons. The van der Waals surface area contributed by atoms with E-state index in [2.05, 4.69) is 5.32 Å². The second kappa shape index (κ2) is 5.84. The Morgan fingerprint density at radius 3 is 2.83 bits per heavy atom. The fourth-order valence-corrected chi connectivity index (χ4v) is 2.47. The van der Waals surface area contributed by atoms with E-state index in [0.717, 1.165) is 11.3 Å². The molecule has 18 heavy (non-hydrogen) atoms. The monoisotopic (exact) mass is 277 g/mol. The van der Waals surface area contributed by atoms with Gasteiger partial charge in [0.1, 0.15) is 10.1 Å². The Hall–Kier alpha value is -1.59.